The number of ether oxygens (including phenoxy) is 2. The fourth-order valence-electron chi connectivity index (χ4n) is 2.25. The Bertz CT molecular complexity index is 520. The normalized spacial score (nSPS) is 13.7. The number of benzene rings is 1. The molecular weight excluding hydrogens is 314 g/mol. The molecule has 0 aliphatic rings. The Balaban J connectivity index is 2.76. The van der Waals surface area contributed by atoms with Crippen molar-refractivity contribution in [1.29, 1.82) is 0 Å². The highest BCUT2D eigenvalue weighted by Gasteiger charge is 2.23. The molecule has 0 spiro atoms. The smallest absolute Gasteiger partial charge is 0.267 e. The van der Waals surface area contributed by atoms with Crippen molar-refractivity contribution in [3.05, 3.63) is 42.0 Å². The molecule has 1 amide bonds. The third-order valence-corrected chi connectivity index (χ3v) is 3.32. The van der Waals surface area contributed by atoms with Crippen molar-refractivity contribution in [2.24, 2.45) is 0 Å². The van der Waals surface area contributed by atoms with Crippen LogP contribution in [-0.2, 0) is 9.53 Å². The van der Waals surface area contributed by atoms with Crippen molar-refractivity contribution in [3.8, 4) is 5.75 Å². The van der Waals surface area contributed by atoms with Crippen molar-refractivity contribution in [3.63, 3.8) is 0 Å². The molecule has 0 saturated carbocycles. The van der Waals surface area contributed by atoms with E-state index in [2.05, 4.69) is 0 Å². The Labute approximate surface area is 141 Å². The summed E-state index contributed by atoms with van der Waals surface area (Å²) in [6.45, 7) is 2.30. The Morgan fingerprint density at radius 2 is 2.12 bits per heavy atom. The van der Waals surface area contributed by atoms with E-state index in [0.717, 1.165) is 0 Å². The van der Waals surface area contributed by atoms with Gasteiger partial charge in [0.05, 0.1) is 12.7 Å². The summed E-state index contributed by atoms with van der Waals surface area (Å²) in [5.41, 5.74) is 2.10. The van der Waals surface area contributed by atoms with Gasteiger partial charge in [0.25, 0.3) is 5.91 Å². The number of aliphatic hydroxyl groups is 2. The Kier molecular flexibility index (Phi) is 9.71. The maximum absolute atomic E-state index is 10.9. The van der Waals surface area contributed by atoms with Gasteiger partial charge in [-0.15, -0.1) is 0 Å². The fraction of sp³-hybridized carbons (Fsp3) is 0.471. The van der Waals surface area contributed by atoms with Gasteiger partial charge in [0.1, 0.15) is 18.5 Å². The van der Waals surface area contributed by atoms with Crippen molar-refractivity contribution in [2.45, 2.75) is 32.0 Å². The molecule has 7 nitrogen and oxygen atoms in total. The van der Waals surface area contributed by atoms with Crippen LogP contribution >= 0.6 is 0 Å². The van der Waals surface area contributed by atoms with Crippen molar-refractivity contribution >= 4 is 5.91 Å². The zero-order chi connectivity index (χ0) is 17.8. The van der Waals surface area contributed by atoms with Crippen LogP contribution in [0.4, 0.5) is 0 Å². The molecule has 1 rings (SSSR count). The zero-order valence-electron chi connectivity index (χ0n) is 13.7. The molecule has 2 atom stereocenters. The lowest BCUT2D eigenvalue weighted by molar-refractivity contribution is -0.124. The van der Waals surface area contributed by atoms with Crippen LogP contribution < -0.4 is 10.2 Å². The Morgan fingerprint density at radius 3 is 2.79 bits per heavy atom. The van der Waals surface area contributed by atoms with Gasteiger partial charge in [-0.05, 0) is 25.8 Å². The third-order valence-electron chi connectivity index (χ3n) is 3.32. The van der Waals surface area contributed by atoms with Gasteiger partial charge in [-0.25, -0.2) is 5.48 Å². The number of aliphatic hydroxyl groups excluding tert-OH is 2. The first-order chi connectivity index (χ1) is 11.6. The Hall–Kier alpha value is -1.93. The number of carbonyl (C=O) groups is 1. The molecule has 0 aliphatic carbocycles. The first-order valence-corrected chi connectivity index (χ1v) is 7.86. The lowest BCUT2D eigenvalue weighted by Gasteiger charge is -2.24. The molecule has 134 valence electrons. The average Bonchev–Trinajstić information content (AvgIpc) is 2.61. The van der Waals surface area contributed by atoms with E-state index < -0.39 is 18.1 Å². The van der Waals surface area contributed by atoms with Gasteiger partial charge in [0, 0.05) is 18.2 Å². The van der Waals surface area contributed by atoms with E-state index in [4.69, 9.17) is 19.8 Å². The molecule has 0 unspecified atom stereocenters. The minimum absolute atomic E-state index is 0.114. The van der Waals surface area contributed by atoms with E-state index >= 15 is 0 Å². The highest BCUT2D eigenvalue weighted by atomic mass is 16.5. The van der Waals surface area contributed by atoms with E-state index in [9.17, 15) is 9.90 Å². The van der Waals surface area contributed by atoms with Gasteiger partial charge in [0.15, 0.2) is 0 Å². The van der Waals surface area contributed by atoms with Gasteiger partial charge in [-0.2, -0.15) is 0 Å². The molecule has 0 radical (unpaired) electrons. The van der Waals surface area contributed by atoms with Crippen LogP contribution in [0.1, 0.15) is 31.4 Å². The quantitative estimate of drug-likeness (QED) is 0.275. The molecule has 0 saturated heterocycles. The maximum Gasteiger partial charge on any atom is 0.267 e. The van der Waals surface area contributed by atoms with E-state index in [0.29, 0.717) is 30.8 Å². The number of amides is 1. The van der Waals surface area contributed by atoms with Crippen LogP contribution in [-0.4, -0.2) is 47.3 Å². The highest BCUT2D eigenvalue weighted by Crippen LogP contribution is 2.30. The maximum atomic E-state index is 10.9. The van der Waals surface area contributed by atoms with Crippen LogP contribution in [0.25, 0.3) is 0 Å². The van der Waals surface area contributed by atoms with Crippen molar-refractivity contribution in [1.82, 2.24) is 5.48 Å². The first-order valence-electron chi connectivity index (χ1n) is 7.86. The number of hydrogen-bond donors (Lipinski definition) is 4. The highest BCUT2D eigenvalue weighted by molar-refractivity contribution is 5.86. The molecule has 0 aromatic heterocycles. The summed E-state index contributed by atoms with van der Waals surface area (Å²) in [4.78, 5) is 10.9. The third kappa shape index (κ3) is 6.67. The zero-order valence-corrected chi connectivity index (χ0v) is 13.7. The molecule has 4 N–H and O–H groups in total. The van der Waals surface area contributed by atoms with E-state index in [1.54, 1.807) is 30.3 Å². The lowest BCUT2D eigenvalue weighted by atomic mass is 9.99. The predicted molar refractivity (Wildman–Crippen MR) is 87.7 cm³/mol. The van der Waals surface area contributed by atoms with Gasteiger partial charge in [-0.3, -0.25) is 10.0 Å². The Morgan fingerprint density at radius 1 is 1.38 bits per heavy atom. The van der Waals surface area contributed by atoms with Crippen LogP contribution in [0.5, 0.6) is 5.75 Å². The number of para-hydroxylation sites is 1. The second-order valence-corrected chi connectivity index (χ2v) is 5.00. The van der Waals surface area contributed by atoms with Gasteiger partial charge in [-0.1, -0.05) is 24.3 Å². The molecule has 0 fully saturated rings. The fourth-order valence-corrected chi connectivity index (χ4v) is 2.25. The number of hydroxylamine groups is 1. The van der Waals surface area contributed by atoms with Crippen molar-refractivity contribution in [2.75, 3.05) is 19.8 Å². The minimum atomic E-state index is -0.903. The standard InChI is InChI=1S/C17H25NO6/c1-2-23-15(9-5-6-10-16(20)18-22)17(21)13-7-3-4-8-14(13)24-12-11-19/h3-4,6-8,10,15,17,19,21-22H,2,5,9,11-12H2,1H3,(H,18,20)/b10-6+/t15-,17-/m1/s1. The summed E-state index contributed by atoms with van der Waals surface area (Å²) in [5, 5.41) is 27.9. The molecule has 7 heteroatoms. The molecule has 0 bridgehead atoms. The van der Waals surface area contributed by atoms with Crippen LogP contribution in [0.15, 0.2) is 36.4 Å². The van der Waals surface area contributed by atoms with Crippen LogP contribution in [0.2, 0.25) is 0 Å². The topological polar surface area (TPSA) is 108 Å². The molecular formula is C17H25NO6. The molecule has 0 aliphatic heterocycles. The van der Waals surface area contributed by atoms with E-state index in [1.807, 2.05) is 6.92 Å². The summed E-state index contributed by atoms with van der Waals surface area (Å²) >= 11 is 0. The summed E-state index contributed by atoms with van der Waals surface area (Å²) in [5.74, 6) is -0.106. The summed E-state index contributed by atoms with van der Waals surface area (Å²) < 4.78 is 11.1. The summed E-state index contributed by atoms with van der Waals surface area (Å²) in [6, 6.07) is 7.05. The summed E-state index contributed by atoms with van der Waals surface area (Å²) in [7, 11) is 0. The molecule has 24 heavy (non-hydrogen) atoms. The molecule has 1 aromatic rings. The number of allylic oxidation sites excluding steroid dienone is 1. The predicted octanol–water partition coefficient (Wildman–Crippen LogP) is 1.34. The van der Waals surface area contributed by atoms with E-state index in [-0.39, 0.29) is 13.2 Å². The van der Waals surface area contributed by atoms with Gasteiger partial charge < -0.3 is 19.7 Å². The summed E-state index contributed by atoms with van der Waals surface area (Å²) in [6.07, 6.45) is 2.41. The number of nitrogens with one attached hydrogen (secondary N) is 1. The number of hydrogen-bond acceptors (Lipinski definition) is 6. The van der Waals surface area contributed by atoms with Crippen LogP contribution in [0, 0.1) is 0 Å². The van der Waals surface area contributed by atoms with Gasteiger partial charge >= 0.3 is 0 Å². The molecule has 0 heterocycles. The second kappa shape index (κ2) is 11.6. The number of rotatable bonds is 11. The largest absolute Gasteiger partial charge is 0.491 e. The number of carbonyl (C=O) groups excluding carboxylic acids is 1. The SMILES string of the molecule is CCO[C@H](CC/C=C/C(=O)NO)[C@H](O)c1ccccc1OCCO. The monoisotopic (exact) mass is 339 g/mol. The van der Waals surface area contributed by atoms with E-state index in [1.165, 1.54) is 11.6 Å². The van der Waals surface area contributed by atoms with Crippen molar-refractivity contribution < 1.29 is 29.7 Å². The average molecular weight is 339 g/mol. The van der Waals surface area contributed by atoms with Gasteiger partial charge in [0.2, 0.25) is 0 Å². The first kappa shape index (κ1) is 20.1. The molecule has 1 aromatic carbocycles. The lowest BCUT2D eigenvalue weighted by Crippen LogP contribution is -2.23. The second-order valence-electron chi connectivity index (χ2n) is 5.00. The van der Waals surface area contributed by atoms with Crippen LogP contribution in [0.3, 0.4) is 0 Å². The minimum Gasteiger partial charge on any atom is -0.491 e.